The molecule has 0 aliphatic carbocycles. The van der Waals surface area contributed by atoms with Crippen LogP contribution in [0.2, 0.25) is 0 Å². The summed E-state index contributed by atoms with van der Waals surface area (Å²) in [6.07, 6.45) is 1.65. The number of benzene rings is 1. The van der Waals surface area contributed by atoms with Gasteiger partial charge in [0.15, 0.2) is 11.5 Å². The number of nitrogens with zero attached hydrogens (tertiary/aromatic N) is 2. The molecule has 0 bridgehead atoms. The summed E-state index contributed by atoms with van der Waals surface area (Å²) in [7, 11) is 0. The number of carbonyl (C=O) groups is 1. The van der Waals surface area contributed by atoms with Crippen LogP contribution in [0.3, 0.4) is 0 Å². The fourth-order valence-corrected chi connectivity index (χ4v) is 3.40. The molecule has 1 saturated heterocycles. The molecular formula is C18H19N3O4. The summed E-state index contributed by atoms with van der Waals surface area (Å²) in [5.74, 6) is 1.71. The second kappa shape index (κ2) is 6.23. The molecule has 2 aliphatic heterocycles. The van der Waals surface area contributed by atoms with E-state index in [1.807, 2.05) is 0 Å². The Labute approximate surface area is 144 Å². The number of aromatic nitrogens is 2. The molecule has 1 aromatic carbocycles. The van der Waals surface area contributed by atoms with Gasteiger partial charge in [0.25, 0.3) is 11.5 Å². The average molecular weight is 341 g/mol. The molecule has 0 radical (unpaired) electrons. The summed E-state index contributed by atoms with van der Waals surface area (Å²) in [6.45, 7) is 3.41. The molecule has 1 amide bonds. The van der Waals surface area contributed by atoms with Crippen molar-refractivity contribution < 1.29 is 14.3 Å². The van der Waals surface area contributed by atoms with Crippen molar-refractivity contribution in [2.45, 2.75) is 25.8 Å². The van der Waals surface area contributed by atoms with E-state index in [0.29, 0.717) is 48.3 Å². The maximum absolute atomic E-state index is 13.0. The highest BCUT2D eigenvalue weighted by Gasteiger charge is 2.32. The Morgan fingerprint density at radius 1 is 1.24 bits per heavy atom. The normalized spacial score (nSPS) is 19.1. The third-order valence-electron chi connectivity index (χ3n) is 4.51. The van der Waals surface area contributed by atoms with Crippen LogP contribution in [-0.2, 0) is 0 Å². The number of rotatable bonds is 2. The minimum atomic E-state index is -0.215. The van der Waals surface area contributed by atoms with Gasteiger partial charge in [0.2, 0.25) is 0 Å². The number of H-pyrrole nitrogens is 1. The van der Waals surface area contributed by atoms with Gasteiger partial charge in [0.05, 0.1) is 6.04 Å². The van der Waals surface area contributed by atoms with E-state index < -0.39 is 0 Å². The lowest BCUT2D eigenvalue weighted by atomic mass is 10.1. The van der Waals surface area contributed by atoms with E-state index in [9.17, 15) is 9.59 Å². The number of carbonyl (C=O) groups excluding carboxylic acids is 1. The zero-order valence-electron chi connectivity index (χ0n) is 13.9. The number of likely N-dealkylation sites (tertiary alicyclic amines) is 1. The molecule has 7 nitrogen and oxygen atoms in total. The number of aromatic amines is 1. The number of aryl methyl sites for hydroxylation is 1. The molecular weight excluding hydrogens is 322 g/mol. The largest absolute Gasteiger partial charge is 0.486 e. The number of hydrogen-bond donors (Lipinski definition) is 1. The molecule has 25 heavy (non-hydrogen) atoms. The van der Waals surface area contributed by atoms with Gasteiger partial charge in [-0.1, -0.05) is 0 Å². The zero-order valence-corrected chi connectivity index (χ0v) is 13.9. The van der Waals surface area contributed by atoms with Crippen LogP contribution in [0.25, 0.3) is 0 Å². The van der Waals surface area contributed by atoms with Crippen molar-refractivity contribution in [2.24, 2.45) is 0 Å². The summed E-state index contributed by atoms with van der Waals surface area (Å²) in [4.78, 5) is 33.7. The monoisotopic (exact) mass is 341 g/mol. The minimum absolute atomic E-state index is 0.0939. The Morgan fingerprint density at radius 2 is 2.04 bits per heavy atom. The summed E-state index contributed by atoms with van der Waals surface area (Å²) in [5.41, 5.74) is 1.00. The first kappa shape index (κ1) is 15.7. The van der Waals surface area contributed by atoms with Gasteiger partial charge in [-0.25, -0.2) is 4.98 Å². The Kier molecular flexibility index (Phi) is 3.91. The maximum Gasteiger partial charge on any atom is 0.254 e. The van der Waals surface area contributed by atoms with E-state index >= 15 is 0 Å². The topological polar surface area (TPSA) is 84.5 Å². The number of hydrogen-bond acceptors (Lipinski definition) is 5. The molecule has 2 aromatic rings. The van der Waals surface area contributed by atoms with Crippen LogP contribution in [-0.4, -0.2) is 40.5 Å². The molecule has 1 atom stereocenters. The van der Waals surface area contributed by atoms with E-state index in [0.717, 1.165) is 12.8 Å². The first-order valence-corrected chi connectivity index (χ1v) is 8.40. The maximum atomic E-state index is 13.0. The van der Waals surface area contributed by atoms with Crippen LogP contribution < -0.4 is 15.0 Å². The van der Waals surface area contributed by atoms with Gasteiger partial charge in [-0.05, 0) is 38.0 Å². The zero-order chi connectivity index (χ0) is 17.4. The highest BCUT2D eigenvalue weighted by Crippen LogP contribution is 2.34. The van der Waals surface area contributed by atoms with Crippen molar-refractivity contribution in [3.05, 3.63) is 51.7 Å². The van der Waals surface area contributed by atoms with Crippen molar-refractivity contribution >= 4 is 5.91 Å². The van der Waals surface area contributed by atoms with Crippen LogP contribution >= 0.6 is 0 Å². The van der Waals surface area contributed by atoms with Gasteiger partial charge >= 0.3 is 0 Å². The molecule has 2 aliphatic rings. The predicted octanol–water partition coefficient (Wildman–Crippen LogP) is 1.83. The van der Waals surface area contributed by atoms with Gasteiger partial charge in [-0.2, -0.15) is 0 Å². The van der Waals surface area contributed by atoms with Gasteiger partial charge < -0.3 is 19.4 Å². The first-order chi connectivity index (χ1) is 12.1. The van der Waals surface area contributed by atoms with Crippen molar-refractivity contribution in [3.63, 3.8) is 0 Å². The number of nitrogens with one attached hydrogen (secondary N) is 1. The molecule has 3 heterocycles. The van der Waals surface area contributed by atoms with E-state index in [2.05, 4.69) is 9.97 Å². The lowest BCUT2D eigenvalue weighted by Gasteiger charge is -2.25. The quantitative estimate of drug-likeness (QED) is 0.901. The highest BCUT2D eigenvalue weighted by atomic mass is 16.6. The first-order valence-electron chi connectivity index (χ1n) is 8.40. The lowest BCUT2D eigenvalue weighted by molar-refractivity contribution is 0.0728. The molecule has 0 saturated carbocycles. The Hall–Kier alpha value is -2.83. The average Bonchev–Trinajstić information content (AvgIpc) is 3.09. The van der Waals surface area contributed by atoms with Crippen molar-refractivity contribution in [3.8, 4) is 11.5 Å². The van der Waals surface area contributed by atoms with Gasteiger partial charge in [-0.15, -0.1) is 0 Å². The molecule has 130 valence electrons. The SMILES string of the molecule is Cc1cc(=O)[nH]c([C@H]2CCCN2C(=O)c2ccc3c(c2)OCCO3)n1. The number of ether oxygens (including phenoxy) is 2. The second-order valence-corrected chi connectivity index (χ2v) is 6.29. The number of amides is 1. The fourth-order valence-electron chi connectivity index (χ4n) is 3.40. The summed E-state index contributed by atoms with van der Waals surface area (Å²) in [5, 5.41) is 0. The Morgan fingerprint density at radius 3 is 2.84 bits per heavy atom. The van der Waals surface area contributed by atoms with Crippen molar-refractivity contribution in [1.82, 2.24) is 14.9 Å². The second-order valence-electron chi connectivity index (χ2n) is 6.29. The van der Waals surface area contributed by atoms with Gasteiger partial charge in [-0.3, -0.25) is 9.59 Å². The fraction of sp³-hybridized carbons (Fsp3) is 0.389. The van der Waals surface area contributed by atoms with Gasteiger partial charge in [0, 0.05) is 23.9 Å². The highest BCUT2D eigenvalue weighted by molar-refractivity contribution is 5.95. The standard InChI is InChI=1S/C18H19N3O4/c1-11-9-16(22)20-17(19-11)13-3-2-6-21(13)18(23)12-4-5-14-15(10-12)25-8-7-24-14/h4-5,9-10,13H,2-3,6-8H2,1H3,(H,19,20,22)/t13-/m1/s1. The van der Waals surface area contributed by atoms with Crippen LogP contribution in [0.5, 0.6) is 11.5 Å². The molecule has 0 spiro atoms. The minimum Gasteiger partial charge on any atom is -0.486 e. The van der Waals surface area contributed by atoms with Crippen LogP contribution in [0.4, 0.5) is 0 Å². The smallest absolute Gasteiger partial charge is 0.254 e. The Balaban J connectivity index is 1.63. The molecule has 1 aromatic heterocycles. The molecule has 1 fully saturated rings. The number of fused-ring (bicyclic) bond motifs is 1. The summed E-state index contributed by atoms with van der Waals surface area (Å²) >= 11 is 0. The van der Waals surface area contributed by atoms with E-state index in [1.165, 1.54) is 6.07 Å². The van der Waals surface area contributed by atoms with Crippen molar-refractivity contribution in [1.29, 1.82) is 0 Å². The third kappa shape index (κ3) is 2.97. The van der Waals surface area contributed by atoms with E-state index in [4.69, 9.17) is 9.47 Å². The molecule has 1 N–H and O–H groups in total. The molecule has 7 heteroatoms. The molecule has 0 unspecified atom stereocenters. The van der Waals surface area contributed by atoms with Crippen molar-refractivity contribution in [2.75, 3.05) is 19.8 Å². The molecule has 4 rings (SSSR count). The summed E-state index contributed by atoms with van der Waals surface area (Å²) < 4.78 is 11.1. The van der Waals surface area contributed by atoms with E-state index in [1.54, 1.807) is 30.0 Å². The lowest BCUT2D eigenvalue weighted by Crippen LogP contribution is -2.32. The van der Waals surface area contributed by atoms with Crippen LogP contribution in [0.15, 0.2) is 29.1 Å². The van der Waals surface area contributed by atoms with Gasteiger partial charge in [0.1, 0.15) is 19.0 Å². The Bertz CT molecular complexity index is 877. The predicted molar refractivity (Wildman–Crippen MR) is 90.0 cm³/mol. The van der Waals surface area contributed by atoms with Crippen LogP contribution in [0, 0.1) is 6.92 Å². The third-order valence-corrected chi connectivity index (χ3v) is 4.51. The summed E-state index contributed by atoms with van der Waals surface area (Å²) in [6, 6.07) is 6.47. The van der Waals surface area contributed by atoms with Crippen LogP contribution in [0.1, 0.15) is 40.8 Å². The van der Waals surface area contributed by atoms with E-state index in [-0.39, 0.29) is 17.5 Å².